The lowest BCUT2D eigenvalue weighted by atomic mass is 9.90. The molecule has 2 aromatic carbocycles. The third-order valence-electron chi connectivity index (χ3n) is 5.31. The average molecular weight is 406 g/mol. The van der Waals surface area contributed by atoms with E-state index in [1.807, 2.05) is 35.0 Å². The topological polar surface area (TPSA) is 46.4 Å². The van der Waals surface area contributed by atoms with E-state index < -0.39 is 22.9 Å². The van der Waals surface area contributed by atoms with E-state index in [1.165, 1.54) is 12.1 Å². The van der Waals surface area contributed by atoms with Crippen LogP contribution in [0.2, 0.25) is 0 Å². The van der Waals surface area contributed by atoms with Gasteiger partial charge in [0.15, 0.2) is 0 Å². The lowest BCUT2D eigenvalue weighted by Crippen LogP contribution is -2.48. The van der Waals surface area contributed by atoms with Crippen molar-refractivity contribution in [3.63, 3.8) is 0 Å². The van der Waals surface area contributed by atoms with Crippen molar-refractivity contribution in [1.29, 1.82) is 0 Å². The summed E-state index contributed by atoms with van der Waals surface area (Å²) in [4.78, 5) is 5.69. The molecule has 0 fully saturated rings. The predicted molar refractivity (Wildman–Crippen MR) is 108 cm³/mol. The fourth-order valence-electron chi connectivity index (χ4n) is 2.69. The number of fused-ring (bicyclic) bond motifs is 1. The van der Waals surface area contributed by atoms with Crippen LogP contribution < -0.4 is 5.48 Å². The van der Waals surface area contributed by atoms with Crippen LogP contribution in [-0.4, -0.2) is 20.9 Å². The molecule has 2 N–H and O–H groups in total. The Morgan fingerprint density at radius 1 is 0.966 bits per heavy atom. The molecule has 1 aromatic heterocycles. The second-order valence-corrected chi connectivity index (χ2v) is 8.19. The van der Waals surface area contributed by atoms with Crippen molar-refractivity contribution >= 4 is 16.6 Å². The summed E-state index contributed by atoms with van der Waals surface area (Å²) in [6, 6.07) is 12.8. The monoisotopic (exact) mass is 406 g/mol. The molecule has 29 heavy (non-hydrogen) atoms. The van der Waals surface area contributed by atoms with Crippen LogP contribution in [0.4, 0.5) is 18.9 Å². The van der Waals surface area contributed by atoms with Crippen LogP contribution in [-0.2, 0) is 17.6 Å². The number of rotatable bonds is 6. The molecule has 4 nitrogen and oxygen atoms in total. The first-order valence-corrected chi connectivity index (χ1v) is 9.28. The van der Waals surface area contributed by atoms with Gasteiger partial charge in [0.2, 0.25) is 0 Å². The lowest BCUT2D eigenvalue weighted by Gasteiger charge is -2.36. The Labute approximate surface area is 167 Å². The van der Waals surface area contributed by atoms with E-state index in [2.05, 4.69) is 5.48 Å². The van der Waals surface area contributed by atoms with Crippen LogP contribution in [0.3, 0.4) is 0 Å². The van der Waals surface area contributed by atoms with Crippen LogP contribution in [0.25, 0.3) is 10.9 Å². The van der Waals surface area contributed by atoms with Gasteiger partial charge in [-0.1, -0.05) is 18.2 Å². The highest BCUT2D eigenvalue weighted by atomic mass is 19.4. The summed E-state index contributed by atoms with van der Waals surface area (Å²) in [5, 5.41) is 11.2. The van der Waals surface area contributed by atoms with Gasteiger partial charge in [-0.15, -0.1) is 0 Å². The van der Waals surface area contributed by atoms with E-state index in [1.54, 1.807) is 27.7 Å². The van der Waals surface area contributed by atoms with Crippen LogP contribution in [0.5, 0.6) is 0 Å². The highest BCUT2D eigenvalue weighted by Crippen LogP contribution is 2.30. The van der Waals surface area contributed by atoms with Crippen molar-refractivity contribution in [2.75, 3.05) is 5.48 Å². The van der Waals surface area contributed by atoms with E-state index in [9.17, 15) is 18.3 Å². The van der Waals surface area contributed by atoms with Crippen molar-refractivity contribution in [3.05, 3.63) is 65.9 Å². The number of halogens is 3. The Morgan fingerprint density at radius 3 is 2.21 bits per heavy atom. The number of aromatic nitrogens is 1. The fraction of sp³-hybridized carbons (Fsp3) is 0.364. The maximum atomic E-state index is 12.7. The molecule has 0 atom stereocenters. The zero-order valence-electron chi connectivity index (χ0n) is 16.8. The molecule has 0 saturated heterocycles. The summed E-state index contributed by atoms with van der Waals surface area (Å²) < 4.78 is 40.2. The summed E-state index contributed by atoms with van der Waals surface area (Å²) in [5.41, 5.74) is 2.75. The van der Waals surface area contributed by atoms with E-state index >= 15 is 0 Å². The van der Waals surface area contributed by atoms with E-state index in [4.69, 9.17) is 4.84 Å². The number of hydrogen-bond donors (Lipinski definition) is 2. The Balaban J connectivity index is 1.79. The summed E-state index contributed by atoms with van der Waals surface area (Å²) in [5.74, 6) is 0. The summed E-state index contributed by atoms with van der Waals surface area (Å²) >= 11 is 0. The van der Waals surface area contributed by atoms with Gasteiger partial charge in [0.25, 0.3) is 0 Å². The molecule has 156 valence electrons. The number of nitrogens with zero attached hydrogens (tertiary/aromatic N) is 1. The minimum atomic E-state index is -4.34. The maximum Gasteiger partial charge on any atom is 0.416 e. The molecule has 0 saturated carbocycles. The highest BCUT2D eigenvalue weighted by molar-refractivity contribution is 5.83. The molecule has 3 aromatic rings. The van der Waals surface area contributed by atoms with Crippen molar-refractivity contribution in [3.8, 4) is 0 Å². The first-order valence-electron chi connectivity index (χ1n) is 9.28. The predicted octanol–water partition coefficient (Wildman–Crippen LogP) is 5.60. The lowest BCUT2D eigenvalue weighted by molar-refractivity contribution is -0.137. The molecule has 0 unspecified atom stereocenters. The van der Waals surface area contributed by atoms with Crippen molar-refractivity contribution < 1.29 is 23.1 Å². The standard InChI is InChI=1S/C22H25F3N2O2/c1-20(2,28)21(3,4)29-26-18-10-7-16-11-12-27(19(16)13-18)14-15-5-8-17(9-6-15)22(23,24)25/h5-13,26,28H,14H2,1-4H3. The normalized spacial score (nSPS) is 13.1. The van der Waals surface area contributed by atoms with Gasteiger partial charge in [0, 0.05) is 12.7 Å². The second-order valence-electron chi connectivity index (χ2n) is 8.19. The number of aliphatic hydroxyl groups is 1. The second kappa shape index (κ2) is 7.39. The average Bonchev–Trinajstić information content (AvgIpc) is 3.01. The number of benzene rings is 2. The Kier molecular flexibility index (Phi) is 5.40. The fourth-order valence-corrected chi connectivity index (χ4v) is 2.69. The van der Waals surface area contributed by atoms with Gasteiger partial charge < -0.3 is 9.67 Å². The van der Waals surface area contributed by atoms with Gasteiger partial charge in [0.1, 0.15) is 5.60 Å². The maximum absolute atomic E-state index is 12.7. The molecule has 0 aliphatic rings. The number of hydrogen-bond acceptors (Lipinski definition) is 3. The Hall–Kier alpha value is -2.51. The highest BCUT2D eigenvalue weighted by Gasteiger charge is 2.37. The van der Waals surface area contributed by atoms with Crippen molar-refractivity contribution in [2.45, 2.75) is 51.6 Å². The van der Waals surface area contributed by atoms with Gasteiger partial charge in [0.05, 0.1) is 22.4 Å². The first kappa shape index (κ1) is 21.2. The molecule has 3 rings (SSSR count). The number of nitrogens with one attached hydrogen (secondary N) is 1. The van der Waals surface area contributed by atoms with Gasteiger partial charge in [-0.05, 0) is 69.0 Å². The molecular formula is C22H25F3N2O2. The minimum absolute atomic E-state index is 0.446. The number of anilines is 1. The molecule has 0 amide bonds. The zero-order valence-corrected chi connectivity index (χ0v) is 16.8. The zero-order chi connectivity index (χ0) is 21.4. The third kappa shape index (κ3) is 4.74. The van der Waals surface area contributed by atoms with Gasteiger partial charge in [-0.3, -0.25) is 10.3 Å². The van der Waals surface area contributed by atoms with Crippen molar-refractivity contribution in [2.24, 2.45) is 0 Å². The quantitative estimate of drug-likeness (QED) is 0.524. The third-order valence-corrected chi connectivity index (χ3v) is 5.31. The molecule has 0 aliphatic heterocycles. The molecule has 0 aliphatic carbocycles. The SMILES string of the molecule is CC(C)(O)C(C)(C)ONc1ccc2ccn(Cc3ccc(C(F)(F)F)cc3)c2c1. The summed E-state index contributed by atoms with van der Waals surface area (Å²) in [6.45, 7) is 7.36. The van der Waals surface area contributed by atoms with Crippen molar-refractivity contribution in [1.82, 2.24) is 4.57 Å². The summed E-state index contributed by atoms with van der Waals surface area (Å²) in [7, 11) is 0. The van der Waals surface area contributed by atoms with Gasteiger partial charge in [-0.25, -0.2) is 0 Å². The summed E-state index contributed by atoms with van der Waals surface area (Å²) in [6.07, 6.45) is -2.44. The molecule has 0 spiro atoms. The van der Waals surface area contributed by atoms with Crippen LogP contribution in [0.1, 0.15) is 38.8 Å². The van der Waals surface area contributed by atoms with E-state index in [0.717, 1.165) is 28.6 Å². The van der Waals surface area contributed by atoms with E-state index in [-0.39, 0.29) is 0 Å². The molecule has 1 heterocycles. The van der Waals surface area contributed by atoms with Crippen LogP contribution in [0.15, 0.2) is 54.7 Å². The molecule has 7 heteroatoms. The van der Waals surface area contributed by atoms with Gasteiger partial charge in [-0.2, -0.15) is 13.2 Å². The van der Waals surface area contributed by atoms with Crippen LogP contribution >= 0.6 is 0 Å². The Bertz CT molecular complexity index is 984. The van der Waals surface area contributed by atoms with Crippen LogP contribution in [0, 0.1) is 0 Å². The molecule has 0 radical (unpaired) electrons. The molecule has 0 bridgehead atoms. The molecular weight excluding hydrogens is 381 g/mol. The first-order chi connectivity index (χ1) is 13.4. The Morgan fingerprint density at radius 2 is 1.62 bits per heavy atom. The largest absolute Gasteiger partial charge is 0.416 e. The van der Waals surface area contributed by atoms with Gasteiger partial charge >= 0.3 is 6.18 Å². The minimum Gasteiger partial charge on any atom is -0.387 e. The smallest absolute Gasteiger partial charge is 0.387 e. The van der Waals surface area contributed by atoms with E-state index in [0.29, 0.717) is 12.2 Å². The number of alkyl halides is 3.